The summed E-state index contributed by atoms with van der Waals surface area (Å²) in [5, 5.41) is 28.5. The van der Waals surface area contributed by atoms with Gasteiger partial charge in [-0.2, -0.15) is 0 Å². The molecule has 5 nitrogen and oxygen atoms in total. The van der Waals surface area contributed by atoms with Crippen LogP contribution in [0.25, 0.3) is 0 Å². The second kappa shape index (κ2) is 5.54. The zero-order valence-electron chi connectivity index (χ0n) is 10.4. The van der Waals surface area contributed by atoms with Crippen molar-refractivity contribution in [2.75, 3.05) is 0 Å². The second-order valence-electron chi connectivity index (χ2n) is 4.21. The Labute approximate surface area is 114 Å². The number of carboxylic acids is 1. The van der Waals surface area contributed by atoms with Crippen molar-refractivity contribution >= 4 is 11.8 Å². The van der Waals surface area contributed by atoms with E-state index in [-0.39, 0.29) is 22.4 Å². The number of phenolic OH excluding ortho intramolecular Hbond substituents is 1. The number of aliphatic hydroxyl groups excluding tert-OH is 1. The lowest BCUT2D eigenvalue weighted by molar-refractivity contribution is 0.0679. The Kier molecular flexibility index (Phi) is 3.81. The molecule has 0 aromatic heterocycles. The van der Waals surface area contributed by atoms with Crippen LogP contribution in [-0.4, -0.2) is 27.1 Å². The number of carboxylic acid groups (broad SMARTS) is 1. The summed E-state index contributed by atoms with van der Waals surface area (Å²) in [6.45, 7) is 0. The first-order valence-electron chi connectivity index (χ1n) is 5.84. The molecule has 0 bridgehead atoms. The van der Waals surface area contributed by atoms with Crippen LogP contribution in [0, 0.1) is 0 Å². The Bertz CT molecular complexity index is 649. The zero-order chi connectivity index (χ0) is 14.7. The molecule has 0 saturated carbocycles. The molecule has 0 aliphatic rings. The van der Waals surface area contributed by atoms with Gasteiger partial charge in [0.25, 0.3) is 0 Å². The molecule has 0 amide bonds. The molecule has 5 heteroatoms. The molecule has 2 aromatic carbocycles. The molecule has 1 atom stereocenters. The number of aromatic hydroxyl groups is 1. The SMILES string of the molecule is O=C(O)c1ccc(O)cc1C(O)C(=O)c1ccccc1. The molecule has 1 unspecified atom stereocenters. The summed E-state index contributed by atoms with van der Waals surface area (Å²) in [4.78, 5) is 23.2. The smallest absolute Gasteiger partial charge is 0.336 e. The van der Waals surface area contributed by atoms with E-state index in [1.165, 1.54) is 18.2 Å². The minimum atomic E-state index is -1.64. The fourth-order valence-electron chi connectivity index (χ4n) is 1.87. The predicted octanol–water partition coefficient (Wildman–Crippen LogP) is 2.01. The number of hydrogen-bond acceptors (Lipinski definition) is 4. The van der Waals surface area contributed by atoms with Gasteiger partial charge >= 0.3 is 5.97 Å². The van der Waals surface area contributed by atoms with Gasteiger partial charge in [-0.3, -0.25) is 4.79 Å². The summed E-state index contributed by atoms with van der Waals surface area (Å²) in [5.41, 5.74) is -0.0920. The molecule has 3 N–H and O–H groups in total. The Balaban J connectivity index is 2.43. The van der Waals surface area contributed by atoms with Crippen LogP contribution in [0.15, 0.2) is 48.5 Å². The maximum absolute atomic E-state index is 12.1. The van der Waals surface area contributed by atoms with Crippen molar-refractivity contribution < 1.29 is 24.9 Å². The van der Waals surface area contributed by atoms with E-state index >= 15 is 0 Å². The molecule has 0 heterocycles. The highest BCUT2D eigenvalue weighted by atomic mass is 16.4. The third-order valence-electron chi connectivity index (χ3n) is 2.87. The van der Waals surface area contributed by atoms with Crippen LogP contribution in [0.5, 0.6) is 5.75 Å². The van der Waals surface area contributed by atoms with Crippen LogP contribution in [-0.2, 0) is 0 Å². The summed E-state index contributed by atoms with van der Waals surface area (Å²) >= 11 is 0. The number of Topliss-reactive ketones (excluding diaryl/α,β-unsaturated/α-hetero) is 1. The summed E-state index contributed by atoms with van der Waals surface area (Å²) in [5.74, 6) is -2.12. The third-order valence-corrected chi connectivity index (χ3v) is 2.87. The highest BCUT2D eigenvalue weighted by Crippen LogP contribution is 2.26. The Morgan fingerprint density at radius 2 is 1.65 bits per heavy atom. The second-order valence-corrected chi connectivity index (χ2v) is 4.21. The molecule has 2 rings (SSSR count). The number of carbonyl (C=O) groups is 2. The van der Waals surface area contributed by atoms with Crippen molar-refractivity contribution in [2.24, 2.45) is 0 Å². The van der Waals surface area contributed by atoms with Crippen LogP contribution < -0.4 is 0 Å². The van der Waals surface area contributed by atoms with E-state index in [1.54, 1.807) is 18.2 Å². The molecular formula is C15H12O5. The minimum absolute atomic E-state index is 0.133. The topological polar surface area (TPSA) is 94.8 Å². The van der Waals surface area contributed by atoms with E-state index in [0.717, 1.165) is 12.1 Å². The molecule has 102 valence electrons. The van der Waals surface area contributed by atoms with Crippen molar-refractivity contribution in [3.05, 3.63) is 65.2 Å². The van der Waals surface area contributed by atoms with Gasteiger partial charge in [0.05, 0.1) is 5.56 Å². The van der Waals surface area contributed by atoms with Gasteiger partial charge in [-0.05, 0) is 18.2 Å². The summed E-state index contributed by atoms with van der Waals surface area (Å²) in [6, 6.07) is 11.5. The van der Waals surface area contributed by atoms with Gasteiger partial charge in [-0.15, -0.1) is 0 Å². The highest BCUT2D eigenvalue weighted by molar-refractivity contribution is 6.02. The number of ketones is 1. The molecule has 0 spiro atoms. The fraction of sp³-hybridized carbons (Fsp3) is 0.0667. The van der Waals surface area contributed by atoms with Crippen LogP contribution in [0.4, 0.5) is 0 Å². The van der Waals surface area contributed by atoms with Crippen LogP contribution in [0.1, 0.15) is 32.4 Å². The average molecular weight is 272 g/mol. The Morgan fingerprint density at radius 3 is 2.25 bits per heavy atom. The first kappa shape index (κ1) is 13.8. The lowest BCUT2D eigenvalue weighted by Crippen LogP contribution is -2.16. The van der Waals surface area contributed by atoms with Gasteiger partial charge in [0.15, 0.2) is 5.78 Å². The maximum Gasteiger partial charge on any atom is 0.336 e. The van der Waals surface area contributed by atoms with Crippen molar-refractivity contribution in [1.82, 2.24) is 0 Å². The van der Waals surface area contributed by atoms with Crippen LogP contribution in [0.3, 0.4) is 0 Å². The standard InChI is InChI=1S/C15H12O5/c16-10-6-7-11(15(19)20)12(8-10)14(18)13(17)9-4-2-1-3-5-9/h1-8,14,16,18H,(H,19,20). The molecule has 2 aromatic rings. The normalized spacial score (nSPS) is 11.8. The van der Waals surface area contributed by atoms with Gasteiger partial charge in [0, 0.05) is 11.1 Å². The molecule has 0 radical (unpaired) electrons. The lowest BCUT2D eigenvalue weighted by atomic mass is 9.95. The number of rotatable bonds is 4. The van der Waals surface area contributed by atoms with Crippen molar-refractivity contribution in [1.29, 1.82) is 0 Å². The number of carbonyl (C=O) groups excluding carboxylic acids is 1. The van der Waals surface area contributed by atoms with Crippen LogP contribution >= 0.6 is 0 Å². The first-order chi connectivity index (χ1) is 9.50. The molecule has 0 aliphatic heterocycles. The fourth-order valence-corrected chi connectivity index (χ4v) is 1.87. The van der Waals surface area contributed by atoms with Crippen molar-refractivity contribution in [2.45, 2.75) is 6.10 Å². The monoisotopic (exact) mass is 272 g/mol. The van der Waals surface area contributed by atoms with E-state index in [1.807, 2.05) is 0 Å². The van der Waals surface area contributed by atoms with Crippen molar-refractivity contribution in [3.63, 3.8) is 0 Å². The van der Waals surface area contributed by atoms with E-state index in [2.05, 4.69) is 0 Å². The van der Waals surface area contributed by atoms with Gasteiger partial charge in [0.2, 0.25) is 0 Å². The molecule has 0 saturated heterocycles. The minimum Gasteiger partial charge on any atom is -0.508 e. The van der Waals surface area contributed by atoms with Gasteiger partial charge in [-0.1, -0.05) is 30.3 Å². The predicted molar refractivity (Wildman–Crippen MR) is 70.8 cm³/mol. The van der Waals surface area contributed by atoms with Crippen molar-refractivity contribution in [3.8, 4) is 5.75 Å². The average Bonchev–Trinajstić information content (AvgIpc) is 2.46. The molecular weight excluding hydrogens is 260 g/mol. The quantitative estimate of drug-likeness (QED) is 0.740. The largest absolute Gasteiger partial charge is 0.508 e. The summed E-state index contributed by atoms with van der Waals surface area (Å²) < 4.78 is 0. The number of hydrogen-bond donors (Lipinski definition) is 3. The number of aromatic carboxylic acids is 1. The van der Waals surface area contributed by atoms with Gasteiger partial charge in [-0.25, -0.2) is 4.79 Å². The maximum atomic E-state index is 12.1. The Hall–Kier alpha value is -2.66. The number of benzene rings is 2. The number of aliphatic hydroxyl groups is 1. The molecule has 0 aliphatic carbocycles. The van der Waals surface area contributed by atoms with E-state index in [0.29, 0.717) is 0 Å². The number of phenols is 1. The first-order valence-corrected chi connectivity index (χ1v) is 5.84. The Morgan fingerprint density at radius 1 is 1.00 bits per heavy atom. The van der Waals surface area contributed by atoms with E-state index < -0.39 is 17.9 Å². The lowest BCUT2D eigenvalue weighted by Gasteiger charge is -2.13. The van der Waals surface area contributed by atoms with Gasteiger partial charge < -0.3 is 15.3 Å². The zero-order valence-corrected chi connectivity index (χ0v) is 10.4. The molecule has 20 heavy (non-hydrogen) atoms. The molecule has 0 fully saturated rings. The van der Waals surface area contributed by atoms with Gasteiger partial charge in [0.1, 0.15) is 11.9 Å². The highest BCUT2D eigenvalue weighted by Gasteiger charge is 2.24. The van der Waals surface area contributed by atoms with E-state index in [4.69, 9.17) is 5.11 Å². The van der Waals surface area contributed by atoms with Crippen LogP contribution in [0.2, 0.25) is 0 Å². The third kappa shape index (κ3) is 2.67. The summed E-state index contributed by atoms with van der Waals surface area (Å²) in [6.07, 6.45) is -1.64. The summed E-state index contributed by atoms with van der Waals surface area (Å²) in [7, 11) is 0. The van der Waals surface area contributed by atoms with E-state index in [9.17, 15) is 19.8 Å².